The third-order valence-corrected chi connectivity index (χ3v) is 7.34. The summed E-state index contributed by atoms with van der Waals surface area (Å²) in [5.74, 6) is 0.746. The molecule has 2 atom stereocenters. The van der Waals surface area contributed by atoms with Gasteiger partial charge >= 0.3 is 0 Å². The molecule has 0 radical (unpaired) electrons. The third kappa shape index (κ3) is 4.50. The van der Waals surface area contributed by atoms with Crippen molar-refractivity contribution in [2.45, 2.75) is 37.2 Å². The highest BCUT2D eigenvalue weighted by Crippen LogP contribution is 2.54. The van der Waals surface area contributed by atoms with Gasteiger partial charge in [0.15, 0.2) is 0 Å². The van der Waals surface area contributed by atoms with Crippen molar-refractivity contribution in [2.24, 2.45) is 18.9 Å². The van der Waals surface area contributed by atoms with Crippen LogP contribution in [0.3, 0.4) is 0 Å². The summed E-state index contributed by atoms with van der Waals surface area (Å²) in [6.07, 6.45) is 7.95. The Balaban J connectivity index is 1.25. The van der Waals surface area contributed by atoms with Crippen molar-refractivity contribution in [1.82, 2.24) is 19.5 Å². The second-order valence-corrected chi connectivity index (χ2v) is 9.85. The molecule has 1 amide bonds. The normalized spacial score (nSPS) is 25.8. The molecule has 34 heavy (non-hydrogen) atoms. The maximum absolute atomic E-state index is 13.5. The topological polar surface area (TPSA) is 105 Å². The van der Waals surface area contributed by atoms with Gasteiger partial charge in [-0.1, -0.05) is 11.6 Å². The molecular formula is C24H26ClFN6O2. The molecule has 2 fully saturated rings. The number of benzene rings is 1. The minimum Gasteiger partial charge on any atom is -0.388 e. The minimum absolute atomic E-state index is 0.0478. The molecule has 2 unspecified atom stereocenters. The summed E-state index contributed by atoms with van der Waals surface area (Å²) in [7, 11) is 1.79. The Morgan fingerprint density at radius 3 is 2.71 bits per heavy atom. The van der Waals surface area contributed by atoms with E-state index in [0.717, 1.165) is 18.5 Å². The second kappa shape index (κ2) is 8.96. The van der Waals surface area contributed by atoms with Crippen molar-refractivity contribution >= 4 is 29.0 Å². The molecule has 3 aromatic rings. The van der Waals surface area contributed by atoms with E-state index in [4.69, 9.17) is 11.6 Å². The van der Waals surface area contributed by atoms with Crippen LogP contribution in [0.4, 0.5) is 15.9 Å². The lowest BCUT2D eigenvalue weighted by Gasteiger charge is -2.25. The molecule has 10 heteroatoms. The molecule has 0 saturated heterocycles. The second-order valence-electron chi connectivity index (χ2n) is 9.44. The van der Waals surface area contributed by atoms with Gasteiger partial charge in [0.05, 0.1) is 22.6 Å². The lowest BCUT2D eigenvalue weighted by atomic mass is 9.92. The first-order valence-electron chi connectivity index (χ1n) is 11.3. The summed E-state index contributed by atoms with van der Waals surface area (Å²) in [5.41, 5.74) is 0.904. The predicted octanol–water partition coefficient (Wildman–Crippen LogP) is 4.00. The van der Waals surface area contributed by atoms with Gasteiger partial charge in [0, 0.05) is 31.4 Å². The molecular weight excluding hydrogens is 459 g/mol. The first-order valence-corrected chi connectivity index (χ1v) is 11.7. The van der Waals surface area contributed by atoms with Crippen molar-refractivity contribution in [3.8, 4) is 0 Å². The van der Waals surface area contributed by atoms with Crippen molar-refractivity contribution in [2.75, 3.05) is 17.2 Å². The predicted molar refractivity (Wildman–Crippen MR) is 126 cm³/mol. The van der Waals surface area contributed by atoms with E-state index < -0.39 is 11.4 Å². The van der Waals surface area contributed by atoms with Crippen LogP contribution in [-0.2, 0) is 7.05 Å². The van der Waals surface area contributed by atoms with Crippen molar-refractivity contribution in [1.29, 1.82) is 0 Å². The van der Waals surface area contributed by atoms with Crippen LogP contribution in [0, 0.1) is 17.7 Å². The number of aromatic nitrogens is 4. The Morgan fingerprint density at radius 2 is 2.03 bits per heavy atom. The van der Waals surface area contributed by atoms with Crippen LogP contribution in [0.15, 0.2) is 43.1 Å². The summed E-state index contributed by atoms with van der Waals surface area (Å²) < 4.78 is 15.2. The molecule has 0 aliphatic heterocycles. The van der Waals surface area contributed by atoms with E-state index in [2.05, 4.69) is 25.6 Å². The van der Waals surface area contributed by atoms with Crippen LogP contribution in [0.5, 0.6) is 0 Å². The maximum atomic E-state index is 13.5. The van der Waals surface area contributed by atoms with E-state index in [0.29, 0.717) is 48.4 Å². The summed E-state index contributed by atoms with van der Waals surface area (Å²) >= 11 is 5.85. The molecule has 178 valence electrons. The molecule has 2 saturated carbocycles. The van der Waals surface area contributed by atoms with Crippen LogP contribution in [0.1, 0.15) is 47.8 Å². The number of aryl methyl sites for hydroxylation is 1. The van der Waals surface area contributed by atoms with Gasteiger partial charge in [0.25, 0.3) is 5.91 Å². The first kappa shape index (κ1) is 22.7. The average molecular weight is 485 g/mol. The SMILES string of the molecule is Cn1cnc(C2CC3CC(O)(CNc4ccncn4)CC3C2)c1C(=O)Nc1ccc(F)c(Cl)c1. The Hall–Kier alpha value is -3.04. The molecule has 2 aromatic heterocycles. The zero-order chi connectivity index (χ0) is 23.9. The number of amides is 1. The molecule has 2 heterocycles. The van der Waals surface area contributed by atoms with Gasteiger partial charge in [0.2, 0.25) is 0 Å². The number of fused-ring (bicyclic) bond motifs is 1. The minimum atomic E-state index is -0.780. The maximum Gasteiger partial charge on any atom is 0.274 e. The molecule has 1 aromatic carbocycles. The van der Waals surface area contributed by atoms with E-state index >= 15 is 0 Å². The van der Waals surface area contributed by atoms with E-state index in [-0.39, 0.29) is 16.8 Å². The van der Waals surface area contributed by atoms with Gasteiger partial charge in [-0.25, -0.2) is 19.3 Å². The van der Waals surface area contributed by atoms with Crippen LogP contribution in [0.25, 0.3) is 0 Å². The van der Waals surface area contributed by atoms with Crippen LogP contribution in [-0.4, -0.2) is 42.7 Å². The van der Waals surface area contributed by atoms with Gasteiger partial charge in [-0.15, -0.1) is 0 Å². The summed E-state index contributed by atoms with van der Waals surface area (Å²) in [4.78, 5) is 25.7. The number of carbonyl (C=O) groups excluding carboxylic acids is 1. The number of imidazole rings is 1. The van der Waals surface area contributed by atoms with Gasteiger partial charge < -0.3 is 20.3 Å². The molecule has 5 rings (SSSR count). The number of carbonyl (C=O) groups is 1. The summed E-state index contributed by atoms with van der Waals surface area (Å²) in [5, 5.41) is 17.1. The highest BCUT2D eigenvalue weighted by Gasteiger charge is 2.49. The summed E-state index contributed by atoms with van der Waals surface area (Å²) in [6, 6.07) is 5.87. The smallest absolute Gasteiger partial charge is 0.274 e. The largest absolute Gasteiger partial charge is 0.388 e. The molecule has 2 aliphatic rings. The monoisotopic (exact) mass is 484 g/mol. The number of nitrogens with zero attached hydrogens (tertiary/aromatic N) is 4. The zero-order valence-electron chi connectivity index (χ0n) is 18.7. The fourth-order valence-corrected chi connectivity index (χ4v) is 5.76. The number of aliphatic hydroxyl groups is 1. The average Bonchev–Trinajstić information content (AvgIpc) is 3.46. The summed E-state index contributed by atoms with van der Waals surface area (Å²) in [6.45, 7) is 0.444. The van der Waals surface area contributed by atoms with Gasteiger partial charge in [-0.05, 0) is 61.8 Å². The lowest BCUT2D eigenvalue weighted by Crippen LogP contribution is -2.35. The molecule has 3 N–H and O–H groups in total. The number of anilines is 2. The van der Waals surface area contributed by atoms with E-state index in [9.17, 15) is 14.3 Å². The van der Waals surface area contributed by atoms with Gasteiger partial charge in [-0.3, -0.25) is 4.79 Å². The number of rotatable bonds is 6. The first-order chi connectivity index (χ1) is 16.3. The van der Waals surface area contributed by atoms with Crippen LogP contribution in [0.2, 0.25) is 5.02 Å². The highest BCUT2D eigenvalue weighted by molar-refractivity contribution is 6.31. The highest BCUT2D eigenvalue weighted by atomic mass is 35.5. The standard InChI is InChI=1S/C24H26ClFN6O2/c1-32-13-30-21(22(32)23(33)31-17-2-3-19(26)18(25)8-17)14-6-15-9-24(34,10-16(15)7-14)11-28-20-4-5-27-12-29-20/h2-5,8,12-16,34H,6-7,9-11H2,1H3,(H,31,33)(H,27,28,29). The van der Waals surface area contributed by atoms with Gasteiger partial charge in [-0.2, -0.15) is 0 Å². The molecule has 8 nitrogen and oxygen atoms in total. The number of halogens is 2. The Bertz CT molecular complexity index is 1190. The Labute approximate surface area is 201 Å². The molecule has 2 aliphatic carbocycles. The molecule has 0 bridgehead atoms. The fraction of sp³-hybridized carbons (Fsp3) is 0.417. The Morgan fingerprint density at radius 1 is 1.26 bits per heavy atom. The Kier molecular flexibility index (Phi) is 5.99. The fourth-order valence-electron chi connectivity index (χ4n) is 5.58. The van der Waals surface area contributed by atoms with Crippen LogP contribution >= 0.6 is 11.6 Å². The van der Waals surface area contributed by atoms with Gasteiger partial charge in [0.1, 0.15) is 23.7 Å². The molecule has 0 spiro atoms. The number of hydrogen-bond acceptors (Lipinski definition) is 6. The number of hydrogen-bond donors (Lipinski definition) is 3. The number of nitrogens with one attached hydrogen (secondary N) is 2. The lowest BCUT2D eigenvalue weighted by molar-refractivity contribution is 0.0514. The third-order valence-electron chi connectivity index (χ3n) is 7.05. The van der Waals surface area contributed by atoms with Crippen molar-refractivity contribution in [3.63, 3.8) is 0 Å². The van der Waals surface area contributed by atoms with E-state index in [1.807, 2.05) is 0 Å². The van der Waals surface area contributed by atoms with Crippen molar-refractivity contribution in [3.05, 3.63) is 65.3 Å². The van der Waals surface area contributed by atoms with E-state index in [1.165, 1.54) is 24.5 Å². The van der Waals surface area contributed by atoms with Crippen LogP contribution < -0.4 is 10.6 Å². The van der Waals surface area contributed by atoms with Crippen molar-refractivity contribution < 1.29 is 14.3 Å². The zero-order valence-corrected chi connectivity index (χ0v) is 19.5. The van der Waals surface area contributed by atoms with E-state index in [1.54, 1.807) is 30.2 Å². The quantitative estimate of drug-likeness (QED) is 0.488.